The highest BCUT2D eigenvalue weighted by Crippen LogP contribution is 2.58. The number of halogens is 2. The van der Waals surface area contributed by atoms with E-state index in [1.807, 2.05) is 0 Å². The third-order valence-electron chi connectivity index (χ3n) is 5.36. The van der Waals surface area contributed by atoms with Crippen LogP contribution in [0.25, 0.3) is 0 Å². The average Bonchev–Trinajstić information content (AvgIpc) is 2.97. The van der Waals surface area contributed by atoms with Crippen molar-refractivity contribution in [1.82, 2.24) is 0 Å². The highest BCUT2D eigenvalue weighted by molar-refractivity contribution is 6.44. The second-order valence-corrected chi connectivity index (χ2v) is 7.95. The van der Waals surface area contributed by atoms with Crippen molar-refractivity contribution >= 4 is 35.1 Å². The summed E-state index contributed by atoms with van der Waals surface area (Å²) >= 11 is 12.7. The van der Waals surface area contributed by atoms with Crippen LogP contribution in [0.15, 0.2) is 42.5 Å². The Kier molecular flexibility index (Phi) is 4.12. The fraction of sp³-hybridized carbons (Fsp3) is 0.0909. The highest BCUT2D eigenvalue weighted by atomic mass is 35.5. The van der Waals surface area contributed by atoms with Gasteiger partial charge in [-0.15, -0.1) is 0 Å². The summed E-state index contributed by atoms with van der Waals surface area (Å²) in [5.41, 5.74) is -0.225. The number of phenols is 2. The number of rotatable bonds is 2. The molecule has 0 aromatic heterocycles. The normalized spacial score (nSPS) is 15.0. The molecular formula is C22H12Cl2O7. The van der Waals surface area contributed by atoms with Gasteiger partial charge in [-0.2, -0.15) is 0 Å². The van der Waals surface area contributed by atoms with Crippen LogP contribution in [0.3, 0.4) is 0 Å². The molecule has 2 heterocycles. The number of carbonyl (C=O) groups is 2. The summed E-state index contributed by atoms with van der Waals surface area (Å²) in [6.07, 6.45) is -0.419. The van der Waals surface area contributed by atoms with Crippen LogP contribution >= 0.6 is 23.2 Å². The van der Waals surface area contributed by atoms with Gasteiger partial charge in [-0.05, 0) is 35.9 Å². The lowest BCUT2D eigenvalue weighted by atomic mass is 9.77. The van der Waals surface area contributed by atoms with Crippen LogP contribution in [0, 0.1) is 0 Å². The molecule has 0 unspecified atom stereocenters. The summed E-state index contributed by atoms with van der Waals surface area (Å²) in [5, 5.41) is 29.0. The maximum atomic E-state index is 13.0. The van der Waals surface area contributed by atoms with Crippen molar-refractivity contribution in [3.05, 3.63) is 80.3 Å². The maximum absolute atomic E-state index is 13.0. The van der Waals surface area contributed by atoms with Crippen molar-refractivity contribution in [2.24, 2.45) is 0 Å². The van der Waals surface area contributed by atoms with Gasteiger partial charge in [0.25, 0.3) is 0 Å². The Morgan fingerprint density at radius 1 is 0.903 bits per heavy atom. The first-order chi connectivity index (χ1) is 14.7. The maximum Gasteiger partial charge on any atom is 0.341 e. The zero-order valence-electron chi connectivity index (χ0n) is 15.5. The number of fused-ring (bicyclic) bond motifs is 6. The number of carboxylic acid groups (broad SMARTS) is 1. The molecule has 156 valence electrons. The molecule has 0 atom stereocenters. The molecular weight excluding hydrogens is 447 g/mol. The van der Waals surface area contributed by atoms with E-state index < -0.39 is 24.0 Å². The van der Waals surface area contributed by atoms with E-state index in [2.05, 4.69) is 0 Å². The molecule has 31 heavy (non-hydrogen) atoms. The molecule has 2 aliphatic rings. The average molecular weight is 459 g/mol. The third-order valence-corrected chi connectivity index (χ3v) is 6.27. The van der Waals surface area contributed by atoms with Gasteiger partial charge in [-0.1, -0.05) is 23.2 Å². The first kappa shape index (κ1) is 19.5. The minimum Gasteiger partial charge on any atom is -0.508 e. The molecule has 0 bridgehead atoms. The number of aliphatic carboxylic acids is 1. The molecule has 0 fully saturated rings. The largest absolute Gasteiger partial charge is 0.508 e. The predicted molar refractivity (Wildman–Crippen MR) is 109 cm³/mol. The lowest BCUT2D eigenvalue weighted by Gasteiger charge is -2.36. The van der Waals surface area contributed by atoms with Gasteiger partial charge >= 0.3 is 11.9 Å². The van der Waals surface area contributed by atoms with Gasteiger partial charge in [0.05, 0.1) is 22.0 Å². The number of aromatic hydroxyl groups is 2. The first-order valence-corrected chi connectivity index (χ1v) is 9.79. The van der Waals surface area contributed by atoms with Crippen molar-refractivity contribution in [1.29, 1.82) is 0 Å². The minimum atomic E-state index is -1.54. The lowest BCUT2D eigenvalue weighted by Crippen LogP contribution is -2.33. The first-order valence-electron chi connectivity index (χ1n) is 9.03. The van der Waals surface area contributed by atoms with E-state index in [0.717, 1.165) is 0 Å². The number of carbonyl (C=O) groups excluding carboxylic acids is 1. The SMILES string of the molecule is O=C(O)Cc1cc2c(c(Cl)c1Cl)C(=O)OC21c2ccc(O)cc2Oc2cc(O)ccc21. The van der Waals surface area contributed by atoms with Gasteiger partial charge in [-0.3, -0.25) is 4.79 Å². The van der Waals surface area contributed by atoms with E-state index in [1.54, 1.807) is 12.1 Å². The quantitative estimate of drug-likeness (QED) is 0.480. The second kappa shape index (κ2) is 6.54. The summed E-state index contributed by atoms with van der Waals surface area (Å²) in [4.78, 5) is 24.3. The smallest absolute Gasteiger partial charge is 0.341 e. The number of esters is 1. The van der Waals surface area contributed by atoms with Crippen molar-refractivity contribution < 1.29 is 34.4 Å². The minimum absolute atomic E-state index is 0.0146. The number of hydrogen-bond acceptors (Lipinski definition) is 6. The lowest BCUT2D eigenvalue weighted by molar-refractivity contribution is -0.136. The molecule has 3 aromatic carbocycles. The van der Waals surface area contributed by atoms with Crippen molar-refractivity contribution in [3.8, 4) is 23.0 Å². The van der Waals surface area contributed by atoms with E-state index in [-0.39, 0.29) is 44.2 Å². The van der Waals surface area contributed by atoms with Crippen LogP contribution in [-0.4, -0.2) is 27.3 Å². The van der Waals surface area contributed by atoms with Gasteiger partial charge in [0.2, 0.25) is 0 Å². The Hall–Kier alpha value is -3.42. The summed E-state index contributed by atoms with van der Waals surface area (Å²) in [6, 6.07) is 10.1. The number of benzene rings is 3. The Morgan fingerprint density at radius 2 is 1.48 bits per heavy atom. The van der Waals surface area contributed by atoms with Crippen LogP contribution in [0.1, 0.15) is 32.6 Å². The summed E-state index contributed by atoms with van der Waals surface area (Å²) < 4.78 is 11.8. The Bertz CT molecular complexity index is 1260. The van der Waals surface area contributed by atoms with E-state index in [0.29, 0.717) is 16.7 Å². The number of hydrogen-bond donors (Lipinski definition) is 3. The van der Waals surface area contributed by atoms with Gasteiger partial charge in [0.15, 0.2) is 5.60 Å². The fourth-order valence-electron chi connectivity index (χ4n) is 4.13. The molecule has 7 nitrogen and oxygen atoms in total. The van der Waals surface area contributed by atoms with Crippen LogP contribution in [-0.2, 0) is 21.6 Å². The summed E-state index contributed by atoms with van der Waals surface area (Å²) in [7, 11) is 0. The van der Waals surface area contributed by atoms with E-state index in [4.69, 9.17) is 32.7 Å². The summed E-state index contributed by atoms with van der Waals surface area (Å²) in [6.45, 7) is 0. The molecule has 3 aromatic rings. The van der Waals surface area contributed by atoms with Crippen LogP contribution in [0.4, 0.5) is 0 Å². The molecule has 0 radical (unpaired) electrons. The van der Waals surface area contributed by atoms with E-state index in [9.17, 15) is 24.9 Å². The van der Waals surface area contributed by atoms with E-state index >= 15 is 0 Å². The van der Waals surface area contributed by atoms with Crippen LogP contribution in [0.2, 0.25) is 10.0 Å². The monoisotopic (exact) mass is 458 g/mol. The molecule has 0 aliphatic carbocycles. The number of carboxylic acids is 1. The molecule has 3 N–H and O–H groups in total. The van der Waals surface area contributed by atoms with Gasteiger partial charge in [0, 0.05) is 28.8 Å². The number of phenolic OH excluding ortho intramolecular Hbond substituents is 2. The molecule has 9 heteroatoms. The topological polar surface area (TPSA) is 113 Å². The molecule has 2 aliphatic heterocycles. The molecule has 5 rings (SSSR count). The predicted octanol–water partition coefficient (Wildman–Crippen LogP) is 4.60. The Labute approximate surface area is 185 Å². The molecule has 0 amide bonds. The zero-order valence-corrected chi connectivity index (χ0v) is 17.0. The molecule has 0 saturated heterocycles. The molecule has 0 saturated carbocycles. The Balaban J connectivity index is 1.90. The zero-order chi connectivity index (χ0) is 22.1. The van der Waals surface area contributed by atoms with Gasteiger partial charge in [-0.25, -0.2) is 4.79 Å². The van der Waals surface area contributed by atoms with Gasteiger partial charge in [0.1, 0.15) is 23.0 Å². The second-order valence-electron chi connectivity index (χ2n) is 7.19. The number of ether oxygens (including phenoxy) is 2. The van der Waals surface area contributed by atoms with Gasteiger partial charge < -0.3 is 24.8 Å². The molecule has 1 spiro atoms. The van der Waals surface area contributed by atoms with Crippen LogP contribution < -0.4 is 4.74 Å². The van der Waals surface area contributed by atoms with Crippen molar-refractivity contribution in [3.63, 3.8) is 0 Å². The van der Waals surface area contributed by atoms with Crippen molar-refractivity contribution in [2.75, 3.05) is 0 Å². The standard InChI is InChI=1S/C22H12Cl2O7/c23-19-9(6-17(27)28)5-14-18(20(19)24)21(29)31-22(14)12-3-1-10(25)7-15(12)30-16-8-11(26)2-4-13(16)22/h1-5,7-8,25-26H,6H2,(H,27,28). The summed E-state index contributed by atoms with van der Waals surface area (Å²) in [5.74, 6) is -1.64. The fourth-order valence-corrected chi connectivity index (χ4v) is 4.65. The highest BCUT2D eigenvalue weighted by Gasteiger charge is 2.55. The van der Waals surface area contributed by atoms with E-state index in [1.165, 1.54) is 30.3 Å². The van der Waals surface area contributed by atoms with Crippen molar-refractivity contribution in [2.45, 2.75) is 12.0 Å². The third kappa shape index (κ3) is 2.67. The Morgan fingerprint density at radius 3 is 2.03 bits per heavy atom. The van der Waals surface area contributed by atoms with Crippen LogP contribution in [0.5, 0.6) is 23.0 Å².